The molecule has 3 heteroatoms. The molecule has 0 radical (unpaired) electrons. The number of benzene rings is 1. The number of hydrogen-bond donors (Lipinski definition) is 2. The number of rotatable bonds is 0. The van der Waals surface area contributed by atoms with Crippen molar-refractivity contribution in [3.8, 4) is 5.75 Å². The van der Waals surface area contributed by atoms with E-state index in [0.29, 0.717) is 11.2 Å². The first-order valence-corrected chi connectivity index (χ1v) is 5.47. The molecule has 0 unspecified atom stereocenters. The summed E-state index contributed by atoms with van der Waals surface area (Å²) < 4.78 is 0. The summed E-state index contributed by atoms with van der Waals surface area (Å²) in [4.78, 5) is 2.18. The topological polar surface area (TPSA) is 35.5 Å². The van der Waals surface area contributed by atoms with Crippen molar-refractivity contribution >= 4 is 11.4 Å². The summed E-state index contributed by atoms with van der Waals surface area (Å²) >= 11 is 0. The Kier molecular flexibility index (Phi) is 1.67. The molecule has 1 spiro atoms. The van der Waals surface area contributed by atoms with Gasteiger partial charge in [-0.3, -0.25) is 0 Å². The summed E-state index contributed by atoms with van der Waals surface area (Å²) in [5.74, 6) is 0.375. The number of para-hydroxylation sites is 1. The highest BCUT2D eigenvalue weighted by molar-refractivity contribution is 5.77. The molecule has 3 nitrogen and oxygen atoms in total. The highest BCUT2D eigenvalue weighted by Gasteiger charge is 2.45. The second-order valence-corrected chi connectivity index (χ2v) is 4.88. The summed E-state index contributed by atoms with van der Waals surface area (Å²) in [7, 11) is 2.06. The minimum Gasteiger partial charge on any atom is -0.506 e. The molecule has 2 N–H and O–H groups in total. The van der Waals surface area contributed by atoms with Gasteiger partial charge < -0.3 is 15.3 Å². The van der Waals surface area contributed by atoms with Crippen LogP contribution in [0, 0.1) is 5.41 Å². The standard InChI is InChI=1S/C12H16N2O/c1-14-8-12(5-6-12)7-13-9-3-2-4-10(15)11(9)14/h2-4,13,15H,5-8H2,1H3. The van der Waals surface area contributed by atoms with Crippen LogP contribution in [0.1, 0.15) is 12.8 Å². The Labute approximate surface area is 89.7 Å². The van der Waals surface area contributed by atoms with E-state index in [4.69, 9.17) is 0 Å². The monoisotopic (exact) mass is 204 g/mol. The normalized spacial score (nSPS) is 21.8. The van der Waals surface area contributed by atoms with Crippen molar-refractivity contribution < 1.29 is 5.11 Å². The Hall–Kier alpha value is -1.38. The molecule has 2 aliphatic rings. The molecule has 1 aromatic rings. The molecule has 80 valence electrons. The molecule has 0 amide bonds. The average molecular weight is 204 g/mol. The molecule has 15 heavy (non-hydrogen) atoms. The van der Waals surface area contributed by atoms with E-state index in [1.807, 2.05) is 12.1 Å². The molecule has 1 aliphatic heterocycles. The zero-order chi connectivity index (χ0) is 10.5. The zero-order valence-corrected chi connectivity index (χ0v) is 8.95. The number of nitrogens with one attached hydrogen (secondary N) is 1. The van der Waals surface area contributed by atoms with E-state index in [9.17, 15) is 5.11 Å². The number of anilines is 2. The van der Waals surface area contributed by atoms with Gasteiger partial charge in [0.1, 0.15) is 11.4 Å². The maximum atomic E-state index is 9.86. The number of phenolic OH excluding ortho intramolecular Hbond substituents is 1. The molecule has 1 heterocycles. The van der Waals surface area contributed by atoms with Gasteiger partial charge in [0.2, 0.25) is 0 Å². The van der Waals surface area contributed by atoms with Crippen LogP contribution in [0.2, 0.25) is 0 Å². The first kappa shape index (κ1) is 8.89. The van der Waals surface area contributed by atoms with Crippen molar-refractivity contribution in [2.75, 3.05) is 30.4 Å². The van der Waals surface area contributed by atoms with E-state index >= 15 is 0 Å². The molecule has 0 saturated heterocycles. The van der Waals surface area contributed by atoms with Crippen LogP contribution in [0.15, 0.2) is 18.2 Å². The summed E-state index contributed by atoms with van der Waals surface area (Å²) in [6.07, 6.45) is 2.61. The Morgan fingerprint density at radius 1 is 1.40 bits per heavy atom. The van der Waals surface area contributed by atoms with Crippen molar-refractivity contribution in [2.45, 2.75) is 12.8 Å². The van der Waals surface area contributed by atoms with E-state index in [0.717, 1.165) is 24.5 Å². The van der Waals surface area contributed by atoms with Gasteiger partial charge in [-0.2, -0.15) is 0 Å². The minimum atomic E-state index is 0.375. The van der Waals surface area contributed by atoms with Crippen LogP contribution in [0.5, 0.6) is 5.75 Å². The lowest BCUT2D eigenvalue weighted by Gasteiger charge is -2.22. The van der Waals surface area contributed by atoms with E-state index in [2.05, 4.69) is 17.3 Å². The smallest absolute Gasteiger partial charge is 0.141 e. The molecule has 0 bridgehead atoms. The molecular formula is C12H16N2O. The van der Waals surface area contributed by atoms with Gasteiger partial charge in [0, 0.05) is 25.6 Å². The molecule has 1 saturated carbocycles. The van der Waals surface area contributed by atoms with E-state index in [-0.39, 0.29) is 0 Å². The summed E-state index contributed by atoms with van der Waals surface area (Å²) in [6.45, 7) is 2.08. The largest absolute Gasteiger partial charge is 0.506 e. The Morgan fingerprint density at radius 3 is 2.93 bits per heavy atom. The Bertz CT molecular complexity index is 399. The average Bonchev–Trinajstić information content (AvgIpc) is 2.96. The van der Waals surface area contributed by atoms with Crippen molar-refractivity contribution in [3.05, 3.63) is 18.2 Å². The van der Waals surface area contributed by atoms with Crippen LogP contribution < -0.4 is 10.2 Å². The predicted molar refractivity (Wildman–Crippen MR) is 61.5 cm³/mol. The summed E-state index contributed by atoms with van der Waals surface area (Å²) in [5.41, 5.74) is 2.46. The maximum Gasteiger partial charge on any atom is 0.141 e. The van der Waals surface area contributed by atoms with Gasteiger partial charge in [0.05, 0.1) is 5.69 Å². The van der Waals surface area contributed by atoms with Crippen molar-refractivity contribution in [1.29, 1.82) is 0 Å². The van der Waals surface area contributed by atoms with Crippen LogP contribution >= 0.6 is 0 Å². The quantitative estimate of drug-likeness (QED) is 0.678. The van der Waals surface area contributed by atoms with E-state index in [1.54, 1.807) is 6.07 Å². The molecule has 1 aromatic carbocycles. The number of fused-ring (bicyclic) bond motifs is 1. The summed E-state index contributed by atoms with van der Waals surface area (Å²) in [6, 6.07) is 5.68. The third-order valence-corrected chi connectivity index (χ3v) is 3.58. The van der Waals surface area contributed by atoms with Gasteiger partial charge in [-0.05, 0) is 25.0 Å². The van der Waals surface area contributed by atoms with Crippen molar-refractivity contribution in [3.63, 3.8) is 0 Å². The van der Waals surface area contributed by atoms with Crippen LogP contribution in [-0.4, -0.2) is 25.2 Å². The SMILES string of the molecule is CN1CC2(CC2)CNc2cccc(O)c21. The Morgan fingerprint density at radius 2 is 2.20 bits per heavy atom. The van der Waals surface area contributed by atoms with E-state index < -0.39 is 0 Å². The lowest BCUT2D eigenvalue weighted by Crippen LogP contribution is -2.27. The van der Waals surface area contributed by atoms with Gasteiger partial charge in [0.25, 0.3) is 0 Å². The van der Waals surface area contributed by atoms with Gasteiger partial charge >= 0.3 is 0 Å². The van der Waals surface area contributed by atoms with Gasteiger partial charge in [-0.1, -0.05) is 6.07 Å². The first-order valence-electron chi connectivity index (χ1n) is 5.47. The number of aromatic hydroxyl groups is 1. The van der Waals surface area contributed by atoms with Gasteiger partial charge in [-0.25, -0.2) is 0 Å². The highest BCUT2D eigenvalue weighted by atomic mass is 16.3. The van der Waals surface area contributed by atoms with Crippen molar-refractivity contribution in [2.24, 2.45) is 5.41 Å². The fourth-order valence-electron chi connectivity index (χ4n) is 2.51. The van der Waals surface area contributed by atoms with Crippen LogP contribution in [0.4, 0.5) is 11.4 Å². The minimum absolute atomic E-state index is 0.375. The number of phenols is 1. The zero-order valence-electron chi connectivity index (χ0n) is 8.95. The molecular weight excluding hydrogens is 188 g/mol. The van der Waals surface area contributed by atoms with Crippen LogP contribution in [-0.2, 0) is 0 Å². The number of hydrogen-bond acceptors (Lipinski definition) is 3. The van der Waals surface area contributed by atoms with Crippen LogP contribution in [0.3, 0.4) is 0 Å². The predicted octanol–water partition coefficient (Wildman–Crippen LogP) is 2.03. The van der Waals surface area contributed by atoms with Crippen molar-refractivity contribution in [1.82, 2.24) is 0 Å². The highest BCUT2D eigenvalue weighted by Crippen LogP contribution is 2.50. The molecule has 0 atom stereocenters. The van der Waals surface area contributed by atoms with Crippen LogP contribution in [0.25, 0.3) is 0 Å². The van der Waals surface area contributed by atoms with E-state index in [1.165, 1.54) is 12.8 Å². The molecule has 1 aliphatic carbocycles. The second kappa shape index (κ2) is 2.81. The third-order valence-electron chi connectivity index (χ3n) is 3.58. The molecule has 3 rings (SSSR count). The molecule has 1 fully saturated rings. The lowest BCUT2D eigenvalue weighted by molar-refractivity contribution is 0.473. The van der Waals surface area contributed by atoms with Gasteiger partial charge in [-0.15, -0.1) is 0 Å². The molecule has 0 aromatic heterocycles. The first-order chi connectivity index (χ1) is 7.20. The fourth-order valence-corrected chi connectivity index (χ4v) is 2.51. The second-order valence-electron chi connectivity index (χ2n) is 4.88. The fraction of sp³-hybridized carbons (Fsp3) is 0.500. The maximum absolute atomic E-state index is 9.86. The lowest BCUT2D eigenvalue weighted by atomic mass is 10.1. The number of nitrogens with zero attached hydrogens (tertiary/aromatic N) is 1. The summed E-state index contributed by atoms with van der Waals surface area (Å²) in [5, 5.41) is 13.3. The Balaban J connectivity index is 2.03. The third kappa shape index (κ3) is 1.34. The van der Waals surface area contributed by atoms with Gasteiger partial charge in [0.15, 0.2) is 0 Å².